The second kappa shape index (κ2) is 7.98. The van der Waals surface area contributed by atoms with Crippen molar-refractivity contribution in [3.63, 3.8) is 0 Å². The Morgan fingerprint density at radius 1 is 1.03 bits per heavy atom. The van der Waals surface area contributed by atoms with E-state index in [2.05, 4.69) is 20.1 Å². The van der Waals surface area contributed by atoms with Crippen molar-refractivity contribution in [1.29, 1.82) is 0 Å². The van der Waals surface area contributed by atoms with Crippen LogP contribution in [0.1, 0.15) is 17.0 Å². The highest BCUT2D eigenvalue weighted by Gasteiger charge is 2.39. The van der Waals surface area contributed by atoms with Gasteiger partial charge < -0.3 is 5.11 Å². The topological polar surface area (TPSA) is 93.8 Å². The summed E-state index contributed by atoms with van der Waals surface area (Å²) in [6, 6.07) is 3.40. The van der Waals surface area contributed by atoms with Crippen molar-refractivity contribution in [3.8, 4) is 11.4 Å². The third-order valence-electron chi connectivity index (χ3n) is 3.70. The van der Waals surface area contributed by atoms with Gasteiger partial charge in [-0.25, -0.2) is 24.4 Å². The van der Waals surface area contributed by atoms with Gasteiger partial charge in [0.15, 0.2) is 5.82 Å². The van der Waals surface area contributed by atoms with Gasteiger partial charge in [0, 0.05) is 23.5 Å². The first-order valence-electron chi connectivity index (χ1n) is 7.99. The molecule has 0 fully saturated rings. The zero-order chi connectivity index (χ0) is 23.0. The summed E-state index contributed by atoms with van der Waals surface area (Å²) in [5, 5.41) is 13.2. The predicted octanol–water partition coefficient (Wildman–Crippen LogP) is 4.51. The quantitative estimate of drug-likeness (QED) is 0.348. The molecule has 0 aliphatic heterocycles. The lowest BCUT2D eigenvalue weighted by Gasteiger charge is -2.11. The Kier molecular flexibility index (Phi) is 5.72. The zero-order valence-electron chi connectivity index (χ0n) is 14.8. The molecule has 0 spiro atoms. The molecule has 0 aliphatic rings. The molecule has 0 amide bonds. The summed E-state index contributed by atoms with van der Waals surface area (Å²) in [5.41, 5.74) is -4.36. The second-order valence-corrected chi connectivity index (χ2v) is 6.27. The first kappa shape index (κ1) is 22.2. The third-order valence-corrected chi connectivity index (χ3v) is 3.93. The van der Waals surface area contributed by atoms with E-state index in [0.29, 0.717) is 12.1 Å². The lowest BCUT2D eigenvalue weighted by Crippen LogP contribution is -2.15. The van der Waals surface area contributed by atoms with Gasteiger partial charge in [-0.15, -0.1) is 5.10 Å². The molecule has 3 aromatic heterocycles. The summed E-state index contributed by atoms with van der Waals surface area (Å²) in [7, 11) is 0. The lowest BCUT2D eigenvalue weighted by atomic mass is 10.1. The van der Waals surface area contributed by atoms with Crippen molar-refractivity contribution in [2.45, 2.75) is 12.4 Å². The fraction of sp³-hybridized carbons (Fsp3) is 0.118. The summed E-state index contributed by atoms with van der Waals surface area (Å²) >= 11 is 5.65. The van der Waals surface area contributed by atoms with E-state index in [9.17, 15) is 36.2 Å². The maximum atomic E-state index is 13.0. The van der Waals surface area contributed by atoms with Gasteiger partial charge in [0.1, 0.15) is 22.9 Å². The highest BCUT2D eigenvalue weighted by atomic mass is 35.5. The molecule has 0 aromatic carbocycles. The van der Waals surface area contributed by atoms with Gasteiger partial charge in [-0.1, -0.05) is 11.6 Å². The number of carboxylic acids is 1. The first-order chi connectivity index (χ1) is 14.3. The minimum atomic E-state index is -5.14. The van der Waals surface area contributed by atoms with E-state index in [-0.39, 0.29) is 16.3 Å². The molecule has 162 valence electrons. The summed E-state index contributed by atoms with van der Waals surface area (Å²) < 4.78 is 78.6. The van der Waals surface area contributed by atoms with Crippen LogP contribution in [0.3, 0.4) is 0 Å². The number of aromatic nitrogens is 5. The van der Waals surface area contributed by atoms with Gasteiger partial charge >= 0.3 is 18.3 Å². The van der Waals surface area contributed by atoms with Crippen LogP contribution >= 0.6 is 11.6 Å². The zero-order valence-corrected chi connectivity index (χ0v) is 15.5. The summed E-state index contributed by atoms with van der Waals surface area (Å²) in [5.74, 6) is -1.91. The van der Waals surface area contributed by atoms with E-state index in [1.165, 1.54) is 12.1 Å². The summed E-state index contributed by atoms with van der Waals surface area (Å²) in [6.07, 6.45) is -7.25. The normalized spacial score (nSPS) is 12.8. The molecular formula is C17H8ClF6N5O2. The minimum absolute atomic E-state index is 0.107. The molecule has 3 aromatic rings. The van der Waals surface area contributed by atoms with Gasteiger partial charge in [-0.05, 0) is 24.3 Å². The van der Waals surface area contributed by atoms with E-state index >= 15 is 0 Å². The van der Waals surface area contributed by atoms with Gasteiger partial charge in [0.05, 0.1) is 5.57 Å². The average molecular weight is 464 g/mol. The monoisotopic (exact) mass is 463 g/mol. The number of hydrogen-bond donors (Lipinski definition) is 1. The van der Waals surface area contributed by atoms with E-state index in [4.69, 9.17) is 11.6 Å². The van der Waals surface area contributed by atoms with Crippen LogP contribution in [0.15, 0.2) is 36.8 Å². The summed E-state index contributed by atoms with van der Waals surface area (Å²) in [6.45, 7) is 0. The van der Waals surface area contributed by atoms with E-state index in [0.717, 1.165) is 23.4 Å². The number of pyridine rings is 2. The van der Waals surface area contributed by atoms with Crippen molar-refractivity contribution >= 4 is 29.3 Å². The lowest BCUT2D eigenvalue weighted by molar-refractivity contribution is -0.150. The number of carbonyl (C=O) groups is 1. The van der Waals surface area contributed by atoms with Crippen molar-refractivity contribution in [2.75, 3.05) is 0 Å². The van der Waals surface area contributed by atoms with Gasteiger partial charge in [0.25, 0.3) is 0 Å². The number of rotatable bonds is 4. The average Bonchev–Trinajstić information content (AvgIpc) is 3.14. The van der Waals surface area contributed by atoms with Crippen LogP contribution in [0, 0.1) is 0 Å². The maximum absolute atomic E-state index is 13.0. The van der Waals surface area contributed by atoms with Gasteiger partial charge in [-0.3, -0.25) is 0 Å². The molecule has 14 heteroatoms. The molecular weight excluding hydrogens is 456 g/mol. The fourth-order valence-corrected chi connectivity index (χ4v) is 2.45. The fourth-order valence-electron chi connectivity index (χ4n) is 2.34. The van der Waals surface area contributed by atoms with Crippen LogP contribution in [0.2, 0.25) is 5.15 Å². The van der Waals surface area contributed by atoms with E-state index < -0.39 is 41.1 Å². The van der Waals surface area contributed by atoms with Crippen LogP contribution in [0.25, 0.3) is 23.2 Å². The van der Waals surface area contributed by atoms with Gasteiger partial charge in [-0.2, -0.15) is 26.3 Å². The standard InChI is InChI=1S/C17H8ClF6N5O2/c18-13-2-1-8(5-25-13)10(15(30)31)6-29-7-26-14(28-29)9-3-11(16(19,20)21)27-12(4-9)17(22,23)24/h1-7H,(H,30,31)/b10-6+. The Morgan fingerprint density at radius 2 is 1.65 bits per heavy atom. The molecule has 0 saturated heterocycles. The number of hydrogen-bond acceptors (Lipinski definition) is 5. The Morgan fingerprint density at radius 3 is 2.13 bits per heavy atom. The van der Waals surface area contributed by atoms with Crippen LogP contribution < -0.4 is 0 Å². The van der Waals surface area contributed by atoms with Crippen molar-refractivity contribution < 1.29 is 36.2 Å². The molecule has 0 radical (unpaired) electrons. The highest BCUT2D eigenvalue weighted by molar-refractivity contribution is 6.29. The van der Waals surface area contributed by atoms with E-state index in [1.54, 1.807) is 0 Å². The van der Waals surface area contributed by atoms with Crippen LogP contribution in [0.5, 0.6) is 0 Å². The highest BCUT2D eigenvalue weighted by Crippen LogP contribution is 2.35. The second-order valence-electron chi connectivity index (χ2n) is 5.89. The Balaban J connectivity index is 2.06. The smallest absolute Gasteiger partial charge is 0.433 e. The number of nitrogens with zero attached hydrogens (tertiary/aromatic N) is 5. The number of carboxylic acid groups (broad SMARTS) is 1. The molecule has 0 unspecified atom stereocenters. The minimum Gasteiger partial charge on any atom is -0.478 e. The molecule has 3 rings (SSSR count). The molecule has 3 heterocycles. The Labute approximate surface area is 173 Å². The molecule has 0 aliphatic carbocycles. The first-order valence-corrected chi connectivity index (χ1v) is 8.37. The number of halogens is 7. The molecule has 1 N–H and O–H groups in total. The number of aliphatic carboxylic acids is 1. The molecule has 0 saturated carbocycles. The SMILES string of the molecule is O=C(O)/C(=C/n1cnc(-c2cc(C(F)(F)F)nc(C(F)(F)F)c2)n1)c1ccc(Cl)nc1. The van der Waals surface area contributed by atoms with Crippen LogP contribution in [-0.4, -0.2) is 35.8 Å². The number of alkyl halides is 6. The molecule has 7 nitrogen and oxygen atoms in total. The van der Waals surface area contributed by atoms with Gasteiger partial charge in [0.2, 0.25) is 0 Å². The third kappa shape index (κ3) is 5.17. The van der Waals surface area contributed by atoms with Crippen molar-refractivity contribution in [3.05, 3.63) is 58.9 Å². The molecule has 31 heavy (non-hydrogen) atoms. The Bertz CT molecular complexity index is 1120. The maximum Gasteiger partial charge on any atom is 0.433 e. The predicted molar refractivity (Wildman–Crippen MR) is 94.3 cm³/mol. The van der Waals surface area contributed by atoms with E-state index in [1.807, 2.05) is 0 Å². The van der Waals surface area contributed by atoms with Crippen molar-refractivity contribution in [1.82, 2.24) is 24.7 Å². The largest absolute Gasteiger partial charge is 0.478 e. The van der Waals surface area contributed by atoms with Crippen LogP contribution in [0.4, 0.5) is 26.3 Å². The molecule has 0 bridgehead atoms. The Hall–Kier alpha value is -3.48. The molecule has 0 atom stereocenters. The van der Waals surface area contributed by atoms with Crippen molar-refractivity contribution in [2.24, 2.45) is 0 Å². The summed E-state index contributed by atoms with van der Waals surface area (Å²) in [4.78, 5) is 21.5. The van der Waals surface area contributed by atoms with Crippen LogP contribution in [-0.2, 0) is 17.1 Å².